The van der Waals surface area contributed by atoms with Gasteiger partial charge in [-0.1, -0.05) is 54.1 Å². The fourth-order valence-corrected chi connectivity index (χ4v) is 2.27. The van der Waals surface area contributed by atoms with Crippen LogP contribution in [0.25, 0.3) is 22.8 Å². The zero-order valence-electron chi connectivity index (χ0n) is 12.0. The summed E-state index contributed by atoms with van der Waals surface area (Å²) >= 11 is 0. The topological polar surface area (TPSA) is 30.7 Å². The third kappa shape index (κ3) is 2.23. The summed E-state index contributed by atoms with van der Waals surface area (Å²) in [7, 11) is 1.94. The minimum atomic E-state index is 0.769. The van der Waals surface area contributed by atoms with Gasteiger partial charge in [0.2, 0.25) is 0 Å². The molecule has 0 aliphatic heterocycles. The fourth-order valence-electron chi connectivity index (χ4n) is 2.27. The molecule has 2 aromatic carbocycles. The van der Waals surface area contributed by atoms with E-state index in [1.165, 1.54) is 11.1 Å². The average molecular weight is 263 g/mol. The average Bonchev–Trinajstić information content (AvgIpc) is 2.82. The fraction of sp³-hybridized carbons (Fsp3) is 0.176. The van der Waals surface area contributed by atoms with Crippen molar-refractivity contribution in [1.29, 1.82) is 0 Å². The first-order chi connectivity index (χ1) is 9.65. The van der Waals surface area contributed by atoms with Crippen molar-refractivity contribution >= 4 is 0 Å². The number of hydrogen-bond acceptors (Lipinski definition) is 2. The first-order valence-electron chi connectivity index (χ1n) is 6.69. The highest BCUT2D eigenvalue weighted by Crippen LogP contribution is 2.24. The summed E-state index contributed by atoms with van der Waals surface area (Å²) in [6, 6.07) is 16.5. The molecule has 3 heteroatoms. The van der Waals surface area contributed by atoms with Gasteiger partial charge in [-0.2, -0.15) is 5.10 Å². The van der Waals surface area contributed by atoms with Crippen molar-refractivity contribution in [3.05, 3.63) is 59.7 Å². The molecule has 20 heavy (non-hydrogen) atoms. The molecule has 3 nitrogen and oxygen atoms in total. The van der Waals surface area contributed by atoms with Gasteiger partial charge in [-0.25, -0.2) is 9.67 Å². The Morgan fingerprint density at radius 1 is 0.900 bits per heavy atom. The standard InChI is InChI=1S/C17H17N3/c1-12-8-10-14(11-9-12)16-18-17(20(3)19-16)15-7-5-4-6-13(15)2/h4-11H,1-3H3. The molecule has 0 saturated heterocycles. The molecule has 1 aromatic heterocycles. The van der Waals surface area contributed by atoms with Crippen molar-refractivity contribution in [1.82, 2.24) is 14.8 Å². The molecule has 3 rings (SSSR count). The SMILES string of the molecule is Cc1ccc(-c2nc(-c3ccccc3C)n(C)n2)cc1. The van der Waals surface area contributed by atoms with E-state index in [1.807, 2.05) is 23.9 Å². The lowest BCUT2D eigenvalue weighted by Gasteiger charge is -2.03. The van der Waals surface area contributed by atoms with Crippen molar-refractivity contribution in [3.63, 3.8) is 0 Å². The monoisotopic (exact) mass is 263 g/mol. The smallest absolute Gasteiger partial charge is 0.181 e. The molecular weight excluding hydrogens is 246 g/mol. The Morgan fingerprint density at radius 3 is 2.30 bits per heavy atom. The first-order valence-corrected chi connectivity index (χ1v) is 6.69. The maximum Gasteiger partial charge on any atom is 0.181 e. The Balaban J connectivity index is 2.08. The predicted molar refractivity (Wildman–Crippen MR) is 81.3 cm³/mol. The number of aryl methyl sites for hydroxylation is 3. The van der Waals surface area contributed by atoms with E-state index < -0.39 is 0 Å². The van der Waals surface area contributed by atoms with Crippen LogP contribution in [0.15, 0.2) is 48.5 Å². The Hall–Kier alpha value is -2.42. The highest BCUT2D eigenvalue weighted by Gasteiger charge is 2.12. The van der Waals surface area contributed by atoms with Crippen LogP contribution in [-0.4, -0.2) is 14.8 Å². The largest absolute Gasteiger partial charge is 0.248 e. The van der Waals surface area contributed by atoms with Crippen molar-refractivity contribution < 1.29 is 0 Å². The summed E-state index contributed by atoms with van der Waals surface area (Å²) in [5, 5.41) is 4.53. The van der Waals surface area contributed by atoms with Crippen LogP contribution in [0, 0.1) is 13.8 Å². The molecule has 1 heterocycles. The van der Waals surface area contributed by atoms with Gasteiger partial charge in [-0.3, -0.25) is 0 Å². The molecule has 0 radical (unpaired) electrons. The second-order valence-electron chi connectivity index (χ2n) is 5.06. The molecule has 0 amide bonds. The van der Waals surface area contributed by atoms with Crippen LogP contribution < -0.4 is 0 Å². The van der Waals surface area contributed by atoms with Gasteiger partial charge in [0.05, 0.1) is 0 Å². The van der Waals surface area contributed by atoms with E-state index in [-0.39, 0.29) is 0 Å². The number of nitrogens with zero attached hydrogens (tertiary/aromatic N) is 3. The Bertz CT molecular complexity index is 739. The van der Waals surface area contributed by atoms with E-state index >= 15 is 0 Å². The second-order valence-corrected chi connectivity index (χ2v) is 5.06. The van der Waals surface area contributed by atoms with E-state index in [0.29, 0.717) is 0 Å². The van der Waals surface area contributed by atoms with Gasteiger partial charge in [0, 0.05) is 18.2 Å². The number of hydrogen-bond donors (Lipinski definition) is 0. The van der Waals surface area contributed by atoms with Gasteiger partial charge >= 0.3 is 0 Å². The molecule has 0 aliphatic carbocycles. The van der Waals surface area contributed by atoms with Crippen LogP contribution in [0.2, 0.25) is 0 Å². The van der Waals surface area contributed by atoms with Crippen LogP contribution in [0.1, 0.15) is 11.1 Å². The minimum absolute atomic E-state index is 0.769. The Labute approximate surface area is 118 Å². The minimum Gasteiger partial charge on any atom is -0.248 e. The van der Waals surface area contributed by atoms with Crippen LogP contribution in [0.4, 0.5) is 0 Å². The molecule has 0 bridgehead atoms. The predicted octanol–water partition coefficient (Wildman–Crippen LogP) is 3.77. The summed E-state index contributed by atoms with van der Waals surface area (Å²) in [5.41, 5.74) is 4.62. The maximum atomic E-state index is 4.69. The summed E-state index contributed by atoms with van der Waals surface area (Å²) in [4.78, 5) is 4.69. The quantitative estimate of drug-likeness (QED) is 0.704. The summed E-state index contributed by atoms with van der Waals surface area (Å²) < 4.78 is 1.84. The molecule has 100 valence electrons. The van der Waals surface area contributed by atoms with Crippen LogP contribution in [0.5, 0.6) is 0 Å². The summed E-state index contributed by atoms with van der Waals surface area (Å²) in [5.74, 6) is 1.67. The summed E-state index contributed by atoms with van der Waals surface area (Å²) in [6.07, 6.45) is 0. The van der Waals surface area contributed by atoms with E-state index in [9.17, 15) is 0 Å². The number of aromatic nitrogens is 3. The second kappa shape index (κ2) is 4.93. The molecule has 0 aliphatic rings. The van der Waals surface area contributed by atoms with Gasteiger partial charge in [0.15, 0.2) is 11.6 Å². The first kappa shape index (κ1) is 12.6. The van der Waals surface area contributed by atoms with Crippen LogP contribution in [-0.2, 0) is 7.05 Å². The van der Waals surface area contributed by atoms with Gasteiger partial charge in [0.25, 0.3) is 0 Å². The zero-order chi connectivity index (χ0) is 14.1. The number of benzene rings is 2. The molecule has 0 atom stereocenters. The van der Waals surface area contributed by atoms with E-state index in [0.717, 1.165) is 22.8 Å². The zero-order valence-corrected chi connectivity index (χ0v) is 12.0. The van der Waals surface area contributed by atoms with Crippen molar-refractivity contribution in [2.24, 2.45) is 7.05 Å². The molecular formula is C17H17N3. The van der Waals surface area contributed by atoms with Crippen molar-refractivity contribution in [2.75, 3.05) is 0 Å². The molecule has 0 N–H and O–H groups in total. The van der Waals surface area contributed by atoms with Crippen LogP contribution in [0.3, 0.4) is 0 Å². The highest BCUT2D eigenvalue weighted by atomic mass is 15.3. The van der Waals surface area contributed by atoms with Gasteiger partial charge in [-0.15, -0.1) is 0 Å². The van der Waals surface area contributed by atoms with Gasteiger partial charge in [0.1, 0.15) is 0 Å². The summed E-state index contributed by atoms with van der Waals surface area (Å²) in [6.45, 7) is 4.17. The van der Waals surface area contributed by atoms with E-state index in [4.69, 9.17) is 4.98 Å². The third-order valence-electron chi connectivity index (χ3n) is 3.46. The molecule has 3 aromatic rings. The lowest BCUT2D eigenvalue weighted by Crippen LogP contribution is -1.95. The maximum absolute atomic E-state index is 4.69. The van der Waals surface area contributed by atoms with Gasteiger partial charge < -0.3 is 0 Å². The van der Waals surface area contributed by atoms with Crippen LogP contribution >= 0.6 is 0 Å². The highest BCUT2D eigenvalue weighted by molar-refractivity contribution is 5.64. The lowest BCUT2D eigenvalue weighted by atomic mass is 10.1. The van der Waals surface area contributed by atoms with Gasteiger partial charge in [-0.05, 0) is 19.4 Å². The van der Waals surface area contributed by atoms with E-state index in [1.54, 1.807) is 0 Å². The lowest BCUT2D eigenvalue weighted by molar-refractivity contribution is 0.777. The third-order valence-corrected chi connectivity index (χ3v) is 3.46. The molecule has 0 spiro atoms. The number of rotatable bonds is 2. The Morgan fingerprint density at radius 2 is 1.60 bits per heavy atom. The molecule has 0 fully saturated rings. The van der Waals surface area contributed by atoms with E-state index in [2.05, 4.69) is 55.3 Å². The Kier molecular flexibility index (Phi) is 3.11. The normalized spacial score (nSPS) is 10.8. The molecule has 0 saturated carbocycles. The van der Waals surface area contributed by atoms with Crippen molar-refractivity contribution in [3.8, 4) is 22.8 Å². The van der Waals surface area contributed by atoms with Crippen molar-refractivity contribution in [2.45, 2.75) is 13.8 Å². The molecule has 0 unspecified atom stereocenters.